The molecular weight excluding hydrogens is 299 g/mol. The number of alkyl halides is 3. The van der Waals surface area contributed by atoms with Gasteiger partial charge in [-0.05, 0) is 19.1 Å². The minimum Gasteiger partial charge on any atom is -0.395 e. The lowest BCUT2D eigenvalue weighted by atomic mass is 10.2. The minimum atomic E-state index is -4.74. The Labute approximate surface area is 124 Å². The van der Waals surface area contributed by atoms with Crippen LogP contribution in [0.25, 0.3) is 5.69 Å². The van der Waals surface area contributed by atoms with Gasteiger partial charge >= 0.3 is 6.18 Å². The molecule has 0 bridgehead atoms. The second-order valence-corrected chi connectivity index (χ2v) is 4.63. The first-order chi connectivity index (χ1) is 10.3. The molecule has 2 N–H and O–H groups in total. The Bertz CT molecular complexity index is 663. The topological polar surface area (TPSA) is 67.2 Å². The highest BCUT2D eigenvalue weighted by Gasteiger charge is 2.40. The zero-order chi connectivity index (χ0) is 16.3. The molecule has 0 saturated heterocycles. The molecule has 22 heavy (non-hydrogen) atoms. The number of aliphatic hydroxyl groups is 1. The first-order valence-corrected chi connectivity index (χ1v) is 6.46. The van der Waals surface area contributed by atoms with Crippen LogP contribution in [-0.4, -0.2) is 33.9 Å². The van der Waals surface area contributed by atoms with Crippen LogP contribution in [0.3, 0.4) is 0 Å². The van der Waals surface area contributed by atoms with Gasteiger partial charge in [0, 0.05) is 6.54 Å². The van der Waals surface area contributed by atoms with E-state index in [9.17, 15) is 18.0 Å². The maximum absolute atomic E-state index is 13.3. The number of rotatable bonds is 4. The number of carbonyl (C=O) groups excluding carboxylic acids is 1. The second kappa shape index (κ2) is 6.18. The number of aromatic nitrogens is 2. The molecule has 1 heterocycles. The lowest BCUT2D eigenvalue weighted by Gasteiger charge is -2.12. The summed E-state index contributed by atoms with van der Waals surface area (Å²) < 4.78 is 40.6. The average Bonchev–Trinajstić information content (AvgIpc) is 2.90. The van der Waals surface area contributed by atoms with E-state index in [0.29, 0.717) is 4.68 Å². The molecule has 8 heteroatoms. The van der Waals surface area contributed by atoms with Gasteiger partial charge in [0.05, 0.1) is 24.1 Å². The molecule has 0 aliphatic rings. The van der Waals surface area contributed by atoms with Gasteiger partial charge < -0.3 is 10.4 Å². The van der Waals surface area contributed by atoms with E-state index >= 15 is 0 Å². The molecule has 2 rings (SSSR count). The Morgan fingerprint density at radius 3 is 2.50 bits per heavy atom. The Balaban J connectivity index is 2.50. The molecule has 5 nitrogen and oxygen atoms in total. The summed E-state index contributed by atoms with van der Waals surface area (Å²) in [6.45, 7) is 1.32. The summed E-state index contributed by atoms with van der Waals surface area (Å²) >= 11 is 0. The van der Waals surface area contributed by atoms with Gasteiger partial charge in [0.25, 0.3) is 5.91 Å². The van der Waals surface area contributed by atoms with Crippen molar-refractivity contribution in [2.24, 2.45) is 0 Å². The number of hydrogen-bond acceptors (Lipinski definition) is 3. The predicted molar refractivity (Wildman–Crippen MR) is 72.7 cm³/mol. The number of aryl methyl sites for hydroxylation is 1. The Hall–Kier alpha value is -2.35. The van der Waals surface area contributed by atoms with Crippen molar-refractivity contribution in [3.05, 3.63) is 47.3 Å². The molecule has 1 aromatic carbocycles. The zero-order valence-corrected chi connectivity index (χ0v) is 11.7. The monoisotopic (exact) mass is 313 g/mol. The summed E-state index contributed by atoms with van der Waals surface area (Å²) in [6.07, 6.45) is -3.87. The number of amides is 1. The van der Waals surface area contributed by atoms with Crippen molar-refractivity contribution in [3.8, 4) is 5.69 Å². The van der Waals surface area contributed by atoms with Crippen molar-refractivity contribution < 1.29 is 23.1 Å². The van der Waals surface area contributed by atoms with Gasteiger partial charge in [0.15, 0.2) is 5.69 Å². The molecule has 0 spiro atoms. The number of aliphatic hydroxyl groups excluding tert-OH is 1. The largest absolute Gasteiger partial charge is 0.434 e. The fourth-order valence-corrected chi connectivity index (χ4v) is 1.93. The standard InChI is InChI=1S/C14H14F3N3O2/c1-9-2-4-10(5-3-9)20-12(14(15,16)17)11(8-19-20)13(22)18-6-7-21/h2-5,8,21H,6-7H2,1H3,(H,18,22). The van der Waals surface area contributed by atoms with Gasteiger partial charge in [-0.15, -0.1) is 0 Å². The third-order valence-electron chi connectivity index (χ3n) is 2.96. The SMILES string of the molecule is Cc1ccc(-n2ncc(C(=O)NCCO)c2C(F)(F)F)cc1. The molecule has 118 valence electrons. The van der Waals surface area contributed by atoms with E-state index in [-0.39, 0.29) is 18.8 Å². The fourth-order valence-electron chi connectivity index (χ4n) is 1.93. The van der Waals surface area contributed by atoms with E-state index in [0.717, 1.165) is 11.8 Å². The molecule has 0 atom stereocenters. The molecule has 1 aromatic heterocycles. The van der Waals surface area contributed by atoms with Crippen LogP contribution in [-0.2, 0) is 6.18 Å². The van der Waals surface area contributed by atoms with Gasteiger partial charge in [-0.1, -0.05) is 17.7 Å². The highest BCUT2D eigenvalue weighted by atomic mass is 19.4. The molecule has 0 saturated carbocycles. The Kier molecular flexibility index (Phi) is 4.51. The summed E-state index contributed by atoms with van der Waals surface area (Å²) in [4.78, 5) is 11.8. The maximum atomic E-state index is 13.3. The third-order valence-corrected chi connectivity index (χ3v) is 2.96. The van der Waals surface area contributed by atoms with Gasteiger partial charge in [-0.25, -0.2) is 4.68 Å². The fraction of sp³-hybridized carbons (Fsp3) is 0.286. The summed E-state index contributed by atoms with van der Waals surface area (Å²) in [5.74, 6) is -0.931. The summed E-state index contributed by atoms with van der Waals surface area (Å²) in [6, 6.07) is 6.30. The first-order valence-electron chi connectivity index (χ1n) is 6.46. The Morgan fingerprint density at radius 2 is 1.95 bits per heavy atom. The highest BCUT2D eigenvalue weighted by Crippen LogP contribution is 2.33. The van der Waals surface area contributed by atoms with Crippen LogP contribution in [0.4, 0.5) is 13.2 Å². The van der Waals surface area contributed by atoms with Crippen LogP contribution in [0.1, 0.15) is 21.6 Å². The van der Waals surface area contributed by atoms with Crippen molar-refractivity contribution in [3.63, 3.8) is 0 Å². The molecular formula is C14H14F3N3O2. The first kappa shape index (κ1) is 16.0. The van der Waals surface area contributed by atoms with E-state index in [1.807, 2.05) is 6.92 Å². The number of nitrogens with zero attached hydrogens (tertiary/aromatic N) is 2. The minimum absolute atomic E-state index is 0.133. The van der Waals surface area contributed by atoms with Crippen molar-refractivity contribution in [1.82, 2.24) is 15.1 Å². The second-order valence-electron chi connectivity index (χ2n) is 4.63. The third kappa shape index (κ3) is 3.28. The molecule has 0 aliphatic carbocycles. The lowest BCUT2D eigenvalue weighted by molar-refractivity contribution is -0.143. The number of hydrogen-bond donors (Lipinski definition) is 2. The van der Waals surface area contributed by atoms with Crippen molar-refractivity contribution in [2.75, 3.05) is 13.2 Å². The number of halogens is 3. The van der Waals surface area contributed by atoms with Crippen molar-refractivity contribution in [2.45, 2.75) is 13.1 Å². The smallest absolute Gasteiger partial charge is 0.395 e. The molecule has 1 amide bonds. The molecule has 0 unspecified atom stereocenters. The van der Waals surface area contributed by atoms with Crippen molar-refractivity contribution >= 4 is 5.91 Å². The number of carbonyl (C=O) groups is 1. The van der Waals surface area contributed by atoms with Crippen LogP contribution >= 0.6 is 0 Å². The predicted octanol–water partition coefficient (Wildman–Crippen LogP) is 1.92. The molecule has 0 radical (unpaired) electrons. The van der Waals surface area contributed by atoms with Crippen LogP contribution < -0.4 is 5.32 Å². The van der Waals surface area contributed by atoms with Crippen molar-refractivity contribution in [1.29, 1.82) is 0 Å². The van der Waals surface area contributed by atoms with Crippen LogP contribution in [0.15, 0.2) is 30.5 Å². The van der Waals surface area contributed by atoms with E-state index in [2.05, 4.69) is 10.4 Å². The Morgan fingerprint density at radius 1 is 1.32 bits per heavy atom. The summed E-state index contributed by atoms with van der Waals surface area (Å²) in [5, 5.41) is 14.5. The van der Waals surface area contributed by atoms with Gasteiger partial charge in [0.1, 0.15) is 0 Å². The van der Waals surface area contributed by atoms with E-state index < -0.39 is 23.3 Å². The highest BCUT2D eigenvalue weighted by molar-refractivity contribution is 5.95. The quantitative estimate of drug-likeness (QED) is 0.906. The molecule has 2 aromatic rings. The van der Waals surface area contributed by atoms with Gasteiger partial charge in [-0.2, -0.15) is 18.3 Å². The van der Waals surface area contributed by atoms with Crippen LogP contribution in [0.2, 0.25) is 0 Å². The molecule has 0 fully saturated rings. The molecule has 0 aliphatic heterocycles. The summed E-state index contributed by atoms with van der Waals surface area (Å²) in [5.41, 5.74) is -0.627. The summed E-state index contributed by atoms with van der Waals surface area (Å²) in [7, 11) is 0. The van der Waals surface area contributed by atoms with E-state index in [1.165, 1.54) is 12.1 Å². The lowest BCUT2D eigenvalue weighted by Crippen LogP contribution is -2.28. The normalized spacial score (nSPS) is 11.5. The zero-order valence-electron chi connectivity index (χ0n) is 11.7. The van der Waals surface area contributed by atoms with Gasteiger partial charge in [0.2, 0.25) is 0 Å². The van der Waals surface area contributed by atoms with Crippen LogP contribution in [0.5, 0.6) is 0 Å². The van der Waals surface area contributed by atoms with Crippen LogP contribution in [0, 0.1) is 6.92 Å². The average molecular weight is 313 g/mol. The number of nitrogens with one attached hydrogen (secondary N) is 1. The maximum Gasteiger partial charge on any atom is 0.434 e. The van der Waals surface area contributed by atoms with E-state index in [1.54, 1.807) is 12.1 Å². The van der Waals surface area contributed by atoms with E-state index in [4.69, 9.17) is 5.11 Å². The van der Waals surface area contributed by atoms with Gasteiger partial charge in [-0.3, -0.25) is 4.79 Å². The number of benzene rings is 1.